The van der Waals surface area contributed by atoms with Gasteiger partial charge in [0.15, 0.2) is 5.76 Å². The van der Waals surface area contributed by atoms with Crippen LogP contribution in [0.2, 0.25) is 0 Å². The van der Waals surface area contributed by atoms with Crippen molar-refractivity contribution in [3.63, 3.8) is 0 Å². The lowest BCUT2D eigenvalue weighted by Crippen LogP contribution is -2.59. The fraction of sp³-hybridized carbons (Fsp3) is 0.619. The normalized spacial score (nSPS) is 31.6. The molecule has 6 nitrogen and oxygen atoms in total. The van der Waals surface area contributed by atoms with Crippen molar-refractivity contribution in [3.05, 3.63) is 36.3 Å². The number of carbonyl (C=O) groups is 2. The molecule has 0 radical (unpaired) electrons. The zero-order valence-corrected chi connectivity index (χ0v) is 15.5. The summed E-state index contributed by atoms with van der Waals surface area (Å²) in [7, 11) is 0. The van der Waals surface area contributed by atoms with E-state index in [9.17, 15) is 9.59 Å². The Bertz CT molecular complexity index is 748. The first-order valence-corrected chi connectivity index (χ1v) is 10.1. The number of likely N-dealkylation sites (tertiary alicyclic amines) is 1. The number of morpholine rings is 1. The molecule has 2 amide bonds. The molecule has 1 spiro atoms. The number of hydrogen-bond acceptors (Lipinski definition) is 4. The van der Waals surface area contributed by atoms with Crippen molar-refractivity contribution in [1.82, 2.24) is 9.80 Å². The summed E-state index contributed by atoms with van der Waals surface area (Å²) >= 11 is 0. The summed E-state index contributed by atoms with van der Waals surface area (Å²) in [5.74, 6) is 1.84. The van der Waals surface area contributed by atoms with Gasteiger partial charge < -0.3 is 19.0 Å². The van der Waals surface area contributed by atoms with Crippen LogP contribution in [0, 0.1) is 17.8 Å². The standard InChI is InChI=1S/C21H26N2O4/c24-19(17-13-15-3-4-16(17)12-15)23-9-11-27-21(14-23)5-7-22(8-6-21)20(25)18-2-1-10-26-18/h1-4,10,15-17H,5-9,11-14H2/t15-,16+,17+/m1/s1. The van der Waals surface area contributed by atoms with Crippen molar-refractivity contribution in [2.45, 2.75) is 31.3 Å². The summed E-state index contributed by atoms with van der Waals surface area (Å²) in [5, 5.41) is 0. The summed E-state index contributed by atoms with van der Waals surface area (Å²) in [6.45, 7) is 3.21. The molecule has 4 aliphatic rings. The van der Waals surface area contributed by atoms with E-state index in [1.54, 1.807) is 12.1 Å². The van der Waals surface area contributed by atoms with Crippen LogP contribution < -0.4 is 0 Å². The first kappa shape index (κ1) is 17.0. The molecule has 3 fully saturated rings. The Balaban J connectivity index is 1.22. The quantitative estimate of drug-likeness (QED) is 0.750. The van der Waals surface area contributed by atoms with Crippen molar-refractivity contribution in [2.24, 2.45) is 17.8 Å². The highest BCUT2D eigenvalue weighted by atomic mass is 16.5. The Labute approximate surface area is 159 Å². The maximum absolute atomic E-state index is 13.1. The Kier molecular flexibility index (Phi) is 4.11. The molecule has 1 aromatic heterocycles. The second-order valence-corrected chi connectivity index (χ2v) is 8.45. The predicted molar refractivity (Wildman–Crippen MR) is 98.0 cm³/mol. The third kappa shape index (κ3) is 3.00. The molecular formula is C21H26N2O4. The van der Waals surface area contributed by atoms with Crippen LogP contribution in [0.1, 0.15) is 36.2 Å². The van der Waals surface area contributed by atoms with Gasteiger partial charge in [-0.1, -0.05) is 12.2 Å². The van der Waals surface area contributed by atoms with Gasteiger partial charge in [-0.05, 0) is 49.7 Å². The smallest absolute Gasteiger partial charge is 0.289 e. The number of rotatable bonds is 2. The highest BCUT2D eigenvalue weighted by Gasteiger charge is 2.46. The van der Waals surface area contributed by atoms with Gasteiger partial charge in [-0.25, -0.2) is 0 Å². The highest BCUT2D eigenvalue weighted by molar-refractivity contribution is 5.91. The van der Waals surface area contributed by atoms with Gasteiger partial charge in [0.2, 0.25) is 5.91 Å². The Morgan fingerprint density at radius 2 is 1.93 bits per heavy atom. The van der Waals surface area contributed by atoms with Gasteiger partial charge in [0.05, 0.1) is 18.5 Å². The third-order valence-electron chi connectivity index (χ3n) is 6.85. The number of allylic oxidation sites excluding steroid dienone is 2. The van der Waals surface area contributed by atoms with Gasteiger partial charge in [0.1, 0.15) is 0 Å². The van der Waals surface area contributed by atoms with Crippen molar-refractivity contribution >= 4 is 11.8 Å². The lowest BCUT2D eigenvalue weighted by Gasteiger charge is -2.47. The van der Waals surface area contributed by atoms with Crippen molar-refractivity contribution in [2.75, 3.05) is 32.8 Å². The van der Waals surface area contributed by atoms with Crippen LogP contribution in [0.15, 0.2) is 35.0 Å². The van der Waals surface area contributed by atoms with Crippen LogP contribution >= 0.6 is 0 Å². The monoisotopic (exact) mass is 370 g/mol. The van der Waals surface area contributed by atoms with Crippen LogP contribution in [0.5, 0.6) is 0 Å². The fourth-order valence-electron chi connectivity index (χ4n) is 5.31. The van der Waals surface area contributed by atoms with E-state index in [1.807, 2.05) is 9.80 Å². The maximum Gasteiger partial charge on any atom is 0.289 e. The molecule has 27 heavy (non-hydrogen) atoms. The second kappa shape index (κ2) is 6.51. The molecule has 3 atom stereocenters. The summed E-state index contributed by atoms with van der Waals surface area (Å²) in [5.41, 5.74) is -0.304. The lowest BCUT2D eigenvalue weighted by molar-refractivity contribution is -0.162. The van der Waals surface area contributed by atoms with Crippen molar-refractivity contribution in [1.29, 1.82) is 0 Å². The molecule has 0 unspecified atom stereocenters. The van der Waals surface area contributed by atoms with E-state index in [-0.39, 0.29) is 17.4 Å². The second-order valence-electron chi connectivity index (χ2n) is 8.45. The average Bonchev–Trinajstić information content (AvgIpc) is 3.45. The molecule has 1 saturated carbocycles. The molecule has 2 aliphatic carbocycles. The van der Waals surface area contributed by atoms with Gasteiger partial charge in [-0.3, -0.25) is 9.59 Å². The summed E-state index contributed by atoms with van der Waals surface area (Å²) in [6, 6.07) is 3.44. The molecule has 6 heteroatoms. The number of fused-ring (bicyclic) bond motifs is 2. The topological polar surface area (TPSA) is 63.0 Å². The van der Waals surface area contributed by atoms with Crippen LogP contribution in [0.4, 0.5) is 0 Å². The SMILES string of the molecule is O=C(c1ccco1)N1CCC2(CC1)CN(C(=O)[C@H]1C[C@@H]3C=C[C@H]1C3)CCO2. The molecule has 2 bridgehead atoms. The van der Waals surface area contributed by atoms with Gasteiger partial charge in [0, 0.05) is 32.1 Å². The van der Waals surface area contributed by atoms with Crippen LogP contribution in [-0.4, -0.2) is 60.0 Å². The van der Waals surface area contributed by atoms with Crippen LogP contribution in [0.25, 0.3) is 0 Å². The number of amides is 2. The van der Waals surface area contributed by atoms with E-state index >= 15 is 0 Å². The van der Waals surface area contributed by atoms with E-state index in [4.69, 9.17) is 9.15 Å². The Morgan fingerprint density at radius 1 is 1.07 bits per heavy atom. The third-order valence-corrected chi connectivity index (χ3v) is 6.85. The summed E-state index contributed by atoms with van der Waals surface area (Å²) in [4.78, 5) is 29.4. The van der Waals surface area contributed by atoms with E-state index in [0.29, 0.717) is 56.3 Å². The van der Waals surface area contributed by atoms with E-state index in [0.717, 1.165) is 25.7 Å². The van der Waals surface area contributed by atoms with E-state index in [1.165, 1.54) is 6.26 Å². The van der Waals surface area contributed by atoms with Crippen molar-refractivity contribution in [3.8, 4) is 0 Å². The molecule has 0 N–H and O–H groups in total. The van der Waals surface area contributed by atoms with Gasteiger partial charge >= 0.3 is 0 Å². The fourth-order valence-corrected chi connectivity index (χ4v) is 5.31. The number of ether oxygens (including phenoxy) is 1. The molecule has 1 aromatic rings. The first-order valence-electron chi connectivity index (χ1n) is 10.1. The molecule has 0 aromatic carbocycles. The summed E-state index contributed by atoms with van der Waals surface area (Å²) < 4.78 is 11.4. The number of furan rings is 1. The number of hydrogen-bond donors (Lipinski definition) is 0. The Hall–Kier alpha value is -2.08. The predicted octanol–water partition coefficient (Wildman–Crippen LogP) is 2.33. The molecule has 5 rings (SSSR count). The van der Waals surface area contributed by atoms with Gasteiger partial charge in [-0.15, -0.1) is 0 Å². The minimum Gasteiger partial charge on any atom is -0.459 e. The summed E-state index contributed by atoms with van der Waals surface area (Å²) in [6.07, 6.45) is 9.73. The minimum atomic E-state index is -0.304. The molecule has 144 valence electrons. The van der Waals surface area contributed by atoms with E-state index < -0.39 is 0 Å². The van der Waals surface area contributed by atoms with Crippen LogP contribution in [0.3, 0.4) is 0 Å². The van der Waals surface area contributed by atoms with Gasteiger partial charge in [-0.2, -0.15) is 0 Å². The van der Waals surface area contributed by atoms with Crippen molar-refractivity contribution < 1.29 is 18.7 Å². The molecular weight excluding hydrogens is 344 g/mol. The lowest BCUT2D eigenvalue weighted by atomic mass is 9.87. The number of nitrogens with zero attached hydrogens (tertiary/aromatic N) is 2. The largest absolute Gasteiger partial charge is 0.459 e. The maximum atomic E-state index is 13.1. The molecule has 3 heterocycles. The molecule has 2 saturated heterocycles. The zero-order valence-electron chi connectivity index (χ0n) is 15.5. The number of carbonyl (C=O) groups excluding carboxylic acids is 2. The Morgan fingerprint density at radius 3 is 2.59 bits per heavy atom. The van der Waals surface area contributed by atoms with Gasteiger partial charge in [0.25, 0.3) is 5.91 Å². The number of piperidine rings is 1. The zero-order chi connectivity index (χ0) is 18.4. The first-order chi connectivity index (χ1) is 13.1. The minimum absolute atomic E-state index is 0.0626. The molecule has 2 aliphatic heterocycles. The average molecular weight is 370 g/mol. The van der Waals surface area contributed by atoms with Crippen LogP contribution in [-0.2, 0) is 9.53 Å². The highest BCUT2D eigenvalue weighted by Crippen LogP contribution is 2.44. The van der Waals surface area contributed by atoms with E-state index in [2.05, 4.69) is 12.2 Å².